The molecule has 0 aliphatic heterocycles. The average molecular weight is 272 g/mol. The lowest BCUT2D eigenvalue weighted by molar-refractivity contribution is 0.428. The lowest BCUT2D eigenvalue weighted by atomic mass is 9.98. The molecule has 6 nitrogen and oxygen atoms in total. The van der Waals surface area contributed by atoms with E-state index in [1.165, 1.54) is 25.7 Å². The van der Waals surface area contributed by atoms with Crippen molar-refractivity contribution in [3.63, 3.8) is 0 Å². The molecule has 2 aromatic heterocycles. The Hall–Kier alpha value is -1.82. The molecule has 0 amide bonds. The van der Waals surface area contributed by atoms with E-state index in [1.54, 1.807) is 6.20 Å². The van der Waals surface area contributed by atoms with E-state index in [2.05, 4.69) is 20.7 Å². The maximum Gasteiger partial charge on any atom is 0.180 e. The minimum Gasteiger partial charge on any atom is -0.367 e. The Labute approximate surface area is 117 Å². The Balaban J connectivity index is 1.56. The summed E-state index contributed by atoms with van der Waals surface area (Å²) >= 11 is 0. The maximum atomic E-state index is 5.48. The second-order valence-electron chi connectivity index (χ2n) is 6.00. The zero-order valence-corrected chi connectivity index (χ0v) is 11.4. The number of nitrogens with two attached hydrogens (primary N) is 1. The summed E-state index contributed by atoms with van der Waals surface area (Å²) in [5.41, 5.74) is 3.46. The molecule has 2 saturated carbocycles. The molecule has 4 N–H and O–H groups in total. The van der Waals surface area contributed by atoms with Crippen LogP contribution in [0.25, 0.3) is 5.65 Å². The summed E-state index contributed by atoms with van der Waals surface area (Å²) in [4.78, 5) is 8.85. The summed E-state index contributed by atoms with van der Waals surface area (Å²) in [5, 5.41) is 3.50. The average Bonchev–Trinajstić information content (AvgIpc) is 3.38. The van der Waals surface area contributed by atoms with Gasteiger partial charge < -0.3 is 15.1 Å². The topological polar surface area (TPSA) is 80.3 Å². The lowest BCUT2D eigenvalue weighted by Gasteiger charge is -2.17. The number of nitrogens with one attached hydrogen (secondary N) is 2. The molecular weight excluding hydrogens is 252 g/mol. The maximum absolute atomic E-state index is 5.48. The molecule has 2 aromatic rings. The van der Waals surface area contributed by atoms with E-state index in [0.29, 0.717) is 5.82 Å². The first-order valence-electron chi connectivity index (χ1n) is 7.39. The van der Waals surface area contributed by atoms with Gasteiger partial charge in [-0.05, 0) is 43.4 Å². The van der Waals surface area contributed by atoms with Crippen LogP contribution in [0, 0.1) is 17.8 Å². The van der Waals surface area contributed by atoms with Crippen LogP contribution in [0.5, 0.6) is 0 Å². The van der Waals surface area contributed by atoms with Gasteiger partial charge in [0.05, 0.1) is 6.20 Å². The van der Waals surface area contributed by atoms with Crippen molar-refractivity contribution >= 4 is 17.3 Å². The van der Waals surface area contributed by atoms with Crippen LogP contribution in [0.15, 0.2) is 18.6 Å². The van der Waals surface area contributed by atoms with E-state index < -0.39 is 0 Å². The fraction of sp³-hybridized carbons (Fsp3) is 0.571. The molecule has 20 heavy (non-hydrogen) atoms. The fourth-order valence-electron chi connectivity index (χ4n) is 3.10. The molecule has 106 valence electrons. The quantitative estimate of drug-likeness (QED) is 0.552. The molecule has 0 unspecified atom stereocenters. The second-order valence-corrected chi connectivity index (χ2v) is 6.00. The van der Waals surface area contributed by atoms with Crippen molar-refractivity contribution < 1.29 is 0 Å². The number of hydrazine groups is 1. The Morgan fingerprint density at radius 3 is 2.70 bits per heavy atom. The number of anilines is 2. The second kappa shape index (κ2) is 4.63. The van der Waals surface area contributed by atoms with E-state index in [0.717, 1.165) is 35.8 Å². The van der Waals surface area contributed by atoms with Crippen LogP contribution < -0.4 is 16.6 Å². The van der Waals surface area contributed by atoms with Gasteiger partial charge in [0.1, 0.15) is 0 Å². The van der Waals surface area contributed by atoms with Gasteiger partial charge in [0, 0.05) is 18.9 Å². The van der Waals surface area contributed by atoms with Crippen LogP contribution in [0.1, 0.15) is 25.7 Å². The zero-order valence-electron chi connectivity index (χ0n) is 11.4. The van der Waals surface area contributed by atoms with Crippen LogP contribution in [0.2, 0.25) is 0 Å². The molecule has 0 saturated heterocycles. The van der Waals surface area contributed by atoms with E-state index >= 15 is 0 Å². The predicted octanol–water partition coefficient (Wildman–Crippen LogP) is 1.86. The molecule has 0 spiro atoms. The first-order valence-corrected chi connectivity index (χ1v) is 7.39. The third kappa shape index (κ3) is 2.20. The molecule has 0 aromatic carbocycles. The van der Waals surface area contributed by atoms with Crippen molar-refractivity contribution in [3.8, 4) is 0 Å². The number of aromatic nitrogens is 3. The molecular formula is C14H20N6. The van der Waals surface area contributed by atoms with E-state index in [1.807, 2.05) is 16.8 Å². The van der Waals surface area contributed by atoms with Crippen molar-refractivity contribution in [2.75, 3.05) is 17.3 Å². The van der Waals surface area contributed by atoms with Crippen LogP contribution in [-0.2, 0) is 0 Å². The number of rotatable bonds is 6. The predicted molar refractivity (Wildman–Crippen MR) is 78.2 cm³/mol. The Morgan fingerprint density at radius 2 is 2.05 bits per heavy atom. The number of fused-ring (bicyclic) bond motifs is 1. The largest absolute Gasteiger partial charge is 0.367 e. The smallest absolute Gasteiger partial charge is 0.180 e. The Bertz CT molecular complexity index is 601. The molecule has 0 radical (unpaired) electrons. The Morgan fingerprint density at radius 1 is 1.30 bits per heavy atom. The minimum atomic E-state index is 0.646. The number of imidazole rings is 1. The molecule has 2 aliphatic rings. The summed E-state index contributed by atoms with van der Waals surface area (Å²) in [5.74, 6) is 9.61. The van der Waals surface area contributed by atoms with Crippen molar-refractivity contribution in [2.45, 2.75) is 25.7 Å². The lowest BCUT2D eigenvalue weighted by Crippen LogP contribution is -2.20. The first-order chi connectivity index (χ1) is 9.85. The van der Waals surface area contributed by atoms with Gasteiger partial charge >= 0.3 is 0 Å². The number of nitrogens with zero attached hydrogens (tertiary/aromatic N) is 3. The zero-order chi connectivity index (χ0) is 13.5. The fourth-order valence-corrected chi connectivity index (χ4v) is 3.10. The highest BCUT2D eigenvalue weighted by Gasteiger charge is 2.41. The SMILES string of the molecule is NNc1cn2ccnc2c(NCC(C2CC2)C2CC2)n1. The van der Waals surface area contributed by atoms with Crippen molar-refractivity contribution in [2.24, 2.45) is 23.6 Å². The Kier molecular flexibility index (Phi) is 2.77. The highest BCUT2D eigenvalue weighted by molar-refractivity contribution is 5.65. The van der Waals surface area contributed by atoms with Crippen LogP contribution in [0.3, 0.4) is 0 Å². The van der Waals surface area contributed by atoms with Crippen LogP contribution in [-0.4, -0.2) is 20.9 Å². The van der Waals surface area contributed by atoms with Crippen LogP contribution in [0.4, 0.5) is 11.6 Å². The van der Waals surface area contributed by atoms with Crippen LogP contribution >= 0.6 is 0 Å². The monoisotopic (exact) mass is 272 g/mol. The minimum absolute atomic E-state index is 0.646. The summed E-state index contributed by atoms with van der Waals surface area (Å²) < 4.78 is 1.94. The summed E-state index contributed by atoms with van der Waals surface area (Å²) in [6, 6.07) is 0. The molecule has 2 fully saturated rings. The highest BCUT2D eigenvalue weighted by Crippen LogP contribution is 2.49. The van der Waals surface area contributed by atoms with Gasteiger partial charge in [-0.15, -0.1) is 0 Å². The van der Waals surface area contributed by atoms with Gasteiger partial charge in [-0.1, -0.05) is 0 Å². The van der Waals surface area contributed by atoms with Gasteiger partial charge in [0.15, 0.2) is 17.3 Å². The van der Waals surface area contributed by atoms with Crippen molar-refractivity contribution in [3.05, 3.63) is 18.6 Å². The highest BCUT2D eigenvalue weighted by atomic mass is 15.3. The van der Waals surface area contributed by atoms with Gasteiger partial charge in [-0.3, -0.25) is 0 Å². The summed E-state index contributed by atoms with van der Waals surface area (Å²) in [6.07, 6.45) is 11.1. The molecule has 6 heteroatoms. The van der Waals surface area contributed by atoms with Gasteiger partial charge in [-0.2, -0.15) is 0 Å². The van der Waals surface area contributed by atoms with E-state index in [4.69, 9.17) is 5.84 Å². The first kappa shape index (κ1) is 12.0. The number of hydrogen-bond acceptors (Lipinski definition) is 5. The van der Waals surface area contributed by atoms with E-state index in [-0.39, 0.29) is 0 Å². The standard InChI is InChI=1S/C14H20N6/c15-19-12-8-20-6-5-16-14(20)13(18-12)17-7-11(9-1-2-9)10-3-4-10/h5-6,8-11,19H,1-4,7,15H2,(H,17,18). The van der Waals surface area contributed by atoms with Crippen molar-refractivity contribution in [1.82, 2.24) is 14.4 Å². The third-order valence-corrected chi connectivity index (χ3v) is 4.48. The number of hydrogen-bond donors (Lipinski definition) is 3. The third-order valence-electron chi connectivity index (χ3n) is 4.48. The molecule has 2 heterocycles. The molecule has 4 rings (SSSR count). The van der Waals surface area contributed by atoms with Gasteiger partial charge in [-0.25, -0.2) is 15.8 Å². The summed E-state index contributed by atoms with van der Waals surface area (Å²) in [7, 11) is 0. The van der Waals surface area contributed by atoms with E-state index in [9.17, 15) is 0 Å². The van der Waals surface area contributed by atoms with Gasteiger partial charge in [0.25, 0.3) is 0 Å². The molecule has 0 atom stereocenters. The van der Waals surface area contributed by atoms with Gasteiger partial charge in [0.2, 0.25) is 0 Å². The molecule has 2 aliphatic carbocycles. The summed E-state index contributed by atoms with van der Waals surface area (Å²) in [6.45, 7) is 0.999. The van der Waals surface area contributed by atoms with Crippen molar-refractivity contribution in [1.29, 1.82) is 0 Å². The normalized spacial score (nSPS) is 18.7. The number of nitrogen functional groups attached to an aromatic ring is 1. The molecule has 0 bridgehead atoms.